The Morgan fingerprint density at radius 2 is 2.09 bits per heavy atom. The van der Waals surface area contributed by atoms with E-state index in [4.69, 9.17) is 9.68 Å². The first-order chi connectivity index (χ1) is 11.1. The van der Waals surface area contributed by atoms with Gasteiger partial charge in [0.05, 0.1) is 29.9 Å². The Balaban J connectivity index is 1.95. The van der Waals surface area contributed by atoms with E-state index in [1.165, 1.54) is 11.6 Å². The van der Waals surface area contributed by atoms with Crippen LogP contribution < -0.4 is 15.7 Å². The number of nitrogens with zero attached hydrogens (tertiary/aromatic N) is 1. The zero-order valence-corrected chi connectivity index (χ0v) is 12.2. The molecular weight excluding hydrogens is 298 g/mol. The summed E-state index contributed by atoms with van der Waals surface area (Å²) in [5, 5.41) is 24.1. The first kappa shape index (κ1) is 16.3. The molecule has 1 heterocycles. The van der Waals surface area contributed by atoms with E-state index in [1.54, 1.807) is 36.4 Å². The summed E-state index contributed by atoms with van der Waals surface area (Å²) in [5.74, 6) is -1.23. The molecular formula is C16H15N3O4. The van der Waals surface area contributed by atoms with Crippen molar-refractivity contribution in [3.8, 4) is 6.07 Å². The van der Waals surface area contributed by atoms with E-state index in [0.29, 0.717) is 17.0 Å². The smallest absolute Gasteiger partial charge is 0.230 e. The highest BCUT2D eigenvalue weighted by molar-refractivity contribution is 5.94. The van der Waals surface area contributed by atoms with Gasteiger partial charge in [-0.1, -0.05) is 12.1 Å². The van der Waals surface area contributed by atoms with Crippen LogP contribution in [-0.2, 0) is 16.1 Å². The third-order valence-electron chi connectivity index (χ3n) is 3.21. The van der Waals surface area contributed by atoms with Gasteiger partial charge in [0, 0.05) is 0 Å². The number of carboxylic acid groups (broad SMARTS) is 1. The number of carbonyl (C=O) groups is 2. The van der Waals surface area contributed by atoms with Crippen LogP contribution in [0.1, 0.15) is 17.7 Å². The number of hydrogen-bond acceptors (Lipinski definition) is 5. The van der Waals surface area contributed by atoms with Gasteiger partial charge in [-0.15, -0.1) is 0 Å². The van der Waals surface area contributed by atoms with E-state index < -0.39 is 17.9 Å². The molecule has 0 saturated heterocycles. The number of nitrogens with two attached hydrogens (primary N) is 1. The molecule has 1 aromatic carbocycles. The highest BCUT2D eigenvalue weighted by Gasteiger charge is 2.19. The van der Waals surface area contributed by atoms with Gasteiger partial charge in [-0.2, -0.15) is 5.26 Å². The zero-order valence-electron chi connectivity index (χ0n) is 12.2. The van der Waals surface area contributed by atoms with Gasteiger partial charge in [-0.05, 0) is 24.3 Å². The van der Waals surface area contributed by atoms with Gasteiger partial charge in [0.1, 0.15) is 18.7 Å². The van der Waals surface area contributed by atoms with Crippen LogP contribution >= 0.6 is 0 Å². The number of benzene rings is 1. The van der Waals surface area contributed by atoms with Crippen molar-refractivity contribution in [3.63, 3.8) is 0 Å². The summed E-state index contributed by atoms with van der Waals surface area (Å²) < 4.78 is 5.11. The second kappa shape index (κ2) is 7.77. The zero-order chi connectivity index (χ0) is 16.7. The number of nitriles is 1. The van der Waals surface area contributed by atoms with Gasteiger partial charge in [0.25, 0.3) is 0 Å². The maximum Gasteiger partial charge on any atom is 0.230 e. The molecule has 7 nitrogen and oxygen atoms in total. The summed E-state index contributed by atoms with van der Waals surface area (Å²) in [6.45, 7) is 0.285. The largest absolute Gasteiger partial charge is 0.544 e. The van der Waals surface area contributed by atoms with Crippen molar-refractivity contribution in [2.45, 2.75) is 19.0 Å². The van der Waals surface area contributed by atoms with Crippen LogP contribution in [0.25, 0.3) is 0 Å². The lowest BCUT2D eigenvalue weighted by Crippen LogP contribution is -2.92. The van der Waals surface area contributed by atoms with E-state index in [2.05, 4.69) is 5.32 Å². The topological polar surface area (TPSA) is 123 Å². The fourth-order valence-electron chi connectivity index (χ4n) is 2.04. The van der Waals surface area contributed by atoms with Crippen molar-refractivity contribution >= 4 is 17.6 Å². The third-order valence-corrected chi connectivity index (χ3v) is 3.21. The first-order valence-corrected chi connectivity index (χ1v) is 6.95. The van der Waals surface area contributed by atoms with Crippen molar-refractivity contribution < 1.29 is 24.4 Å². The van der Waals surface area contributed by atoms with E-state index >= 15 is 0 Å². The predicted molar refractivity (Wildman–Crippen MR) is 77.5 cm³/mol. The minimum absolute atomic E-state index is 0.275. The number of aliphatic carboxylic acids is 1. The van der Waals surface area contributed by atoms with Crippen LogP contribution in [0, 0.1) is 11.3 Å². The molecule has 23 heavy (non-hydrogen) atoms. The van der Waals surface area contributed by atoms with Crippen LogP contribution in [0.5, 0.6) is 0 Å². The normalized spacial score (nSPS) is 11.4. The lowest BCUT2D eigenvalue weighted by atomic mass is 10.1. The molecule has 0 spiro atoms. The molecule has 0 aliphatic carbocycles. The number of anilines is 1. The molecule has 0 radical (unpaired) electrons. The number of quaternary nitrogens is 1. The summed E-state index contributed by atoms with van der Waals surface area (Å²) in [5.41, 5.74) is 0.661. The molecule has 0 saturated carbocycles. The average molecular weight is 313 g/mol. The number of carboxylic acids is 1. The van der Waals surface area contributed by atoms with Gasteiger partial charge < -0.3 is 25.0 Å². The van der Waals surface area contributed by atoms with Gasteiger partial charge in [0.15, 0.2) is 5.76 Å². The Bertz CT molecular complexity index is 719. The molecule has 0 aliphatic heterocycles. The molecule has 2 aromatic rings. The molecule has 7 heteroatoms. The average Bonchev–Trinajstić information content (AvgIpc) is 3.05. The Morgan fingerprint density at radius 1 is 1.30 bits per heavy atom. The Morgan fingerprint density at radius 3 is 2.74 bits per heavy atom. The van der Waals surface area contributed by atoms with Gasteiger partial charge >= 0.3 is 0 Å². The van der Waals surface area contributed by atoms with Gasteiger partial charge in [-0.3, -0.25) is 4.79 Å². The van der Waals surface area contributed by atoms with Crippen molar-refractivity contribution in [3.05, 3.63) is 54.0 Å². The predicted octanol–water partition coefficient (Wildman–Crippen LogP) is -0.638. The van der Waals surface area contributed by atoms with Gasteiger partial charge in [-0.25, -0.2) is 0 Å². The van der Waals surface area contributed by atoms with Crippen molar-refractivity contribution in [2.75, 3.05) is 5.32 Å². The number of furan rings is 1. The first-order valence-electron chi connectivity index (χ1n) is 6.95. The molecule has 0 fully saturated rings. The lowest BCUT2D eigenvalue weighted by Gasteiger charge is -2.16. The summed E-state index contributed by atoms with van der Waals surface area (Å²) in [6, 6.07) is 10.8. The highest BCUT2D eigenvalue weighted by atomic mass is 16.4. The van der Waals surface area contributed by atoms with Crippen molar-refractivity contribution in [2.24, 2.45) is 0 Å². The third kappa shape index (κ3) is 4.69. The van der Waals surface area contributed by atoms with Crippen LogP contribution in [0.3, 0.4) is 0 Å². The molecule has 1 atom stereocenters. The molecule has 1 amide bonds. The summed E-state index contributed by atoms with van der Waals surface area (Å²) in [7, 11) is 0. The second-order valence-corrected chi connectivity index (χ2v) is 4.85. The lowest BCUT2D eigenvalue weighted by molar-refractivity contribution is -0.698. The van der Waals surface area contributed by atoms with E-state index in [-0.39, 0.29) is 13.0 Å². The molecule has 1 aromatic heterocycles. The number of carbonyl (C=O) groups excluding carboxylic acids is 2. The summed E-state index contributed by atoms with van der Waals surface area (Å²) >= 11 is 0. The number of hydrogen-bond donors (Lipinski definition) is 2. The van der Waals surface area contributed by atoms with Crippen LogP contribution in [0.4, 0.5) is 5.69 Å². The molecule has 0 bridgehead atoms. The quantitative estimate of drug-likeness (QED) is 0.704. The fourth-order valence-corrected chi connectivity index (χ4v) is 2.04. The fraction of sp³-hybridized carbons (Fsp3) is 0.188. The Hall–Kier alpha value is -3.11. The standard InChI is InChI=1S/C16H15N3O4/c17-9-11-4-1-2-6-13(11)19-15(20)8-14(16(21)22)18-10-12-5-3-7-23-12/h1-7,14,18H,8,10H2,(H,19,20)(H,21,22)/t14-/m1/s1. The maximum absolute atomic E-state index is 12.0. The number of amides is 1. The number of rotatable bonds is 7. The minimum atomic E-state index is -1.33. The van der Waals surface area contributed by atoms with Crippen LogP contribution in [-0.4, -0.2) is 17.9 Å². The molecule has 118 valence electrons. The SMILES string of the molecule is N#Cc1ccccc1NC(=O)C[C@@H]([NH2+]Cc1ccco1)C(=O)[O-]. The van der Waals surface area contributed by atoms with E-state index in [1.807, 2.05) is 6.07 Å². The molecule has 0 aliphatic rings. The molecule has 2 rings (SSSR count). The Labute approximate surface area is 132 Å². The van der Waals surface area contributed by atoms with Crippen molar-refractivity contribution in [1.29, 1.82) is 5.26 Å². The van der Waals surface area contributed by atoms with Gasteiger partial charge in [0.2, 0.25) is 5.91 Å². The second-order valence-electron chi connectivity index (χ2n) is 4.85. The highest BCUT2D eigenvalue weighted by Crippen LogP contribution is 2.13. The number of nitrogens with one attached hydrogen (secondary N) is 1. The van der Waals surface area contributed by atoms with E-state index in [0.717, 1.165) is 0 Å². The van der Waals surface area contributed by atoms with E-state index in [9.17, 15) is 14.7 Å². The maximum atomic E-state index is 12.0. The van der Waals surface area contributed by atoms with Crippen LogP contribution in [0.2, 0.25) is 0 Å². The summed E-state index contributed by atoms with van der Waals surface area (Å²) in [4.78, 5) is 23.2. The molecule has 0 unspecified atom stereocenters. The molecule has 3 N–H and O–H groups in total. The Kier molecular flexibility index (Phi) is 5.50. The monoisotopic (exact) mass is 313 g/mol. The van der Waals surface area contributed by atoms with Crippen LogP contribution in [0.15, 0.2) is 47.1 Å². The minimum Gasteiger partial charge on any atom is -0.544 e. The van der Waals surface area contributed by atoms with Crippen molar-refractivity contribution in [1.82, 2.24) is 0 Å². The number of para-hydroxylation sites is 1. The summed E-state index contributed by atoms with van der Waals surface area (Å²) in [6.07, 6.45) is 1.21.